The first-order valence-electron chi connectivity index (χ1n) is 8.13. The lowest BCUT2D eigenvalue weighted by Crippen LogP contribution is -2.57. The summed E-state index contributed by atoms with van der Waals surface area (Å²) in [7, 11) is 0. The highest BCUT2D eigenvalue weighted by atomic mass is 16.3. The van der Waals surface area contributed by atoms with Crippen molar-refractivity contribution in [3.05, 3.63) is 30.1 Å². The molecule has 1 N–H and O–H groups in total. The summed E-state index contributed by atoms with van der Waals surface area (Å²) in [5.41, 5.74) is 1.19. The Kier molecular flexibility index (Phi) is 4.37. The Balaban J connectivity index is 1.75. The van der Waals surface area contributed by atoms with Crippen LogP contribution in [0, 0.1) is 0 Å². The van der Waals surface area contributed by atoms with Crippen molar-refractivity contribution >= 4 is 0 Å². The standard InChI is InChI=1S/C17H26N2O/c20-16(13-15-7-6-10-18-14-15)17(8-2-3-9-17)19-11-4-1-5-12-19/h6-7,10,14,16,20H,1-5,8-9,11-13H2. The Morgan fingerprint density at radius 2 is 1.90 bits per heavy atom. The lowest BCUT2D eigenvalue weighted by molar-refractivity contribution is -0.0381. The molecule has 0 amide bonds. The minimum absolute atomic E-state index is 0.0380. The zero-order valence-electron chi connectivity index (χ0n) is 12.3. The molecule has 20 heavy (non-hydrogen) atoms. The smallest absolute Gasteiger partial charge is 0.0764 e. The van der Waals surface area contributed by atoms with Crippen LogP contribution in [-0.2, 0) is 6.42 Å². The number of hydrogen-bond acceptors (Lipinski definition) is 3. The van der Waals surface area contributed by atoms with Gasteiger partial charge in [0.1, 0.15) is 0 Å². The molecule has 1 saturated heterocycles. The minimum atomic E-state index is -0.257. The molecular weight excluding hydrogens is 248 g/mol. The molecule has 1 aliphatic heterocycles. The SMILES string of the molecule is OC(Cc1cccnc1)C1(N2CCCCC2)CCCC1. The Bertz CT molecular complexity index is 408. The zero-order chi connectivity index (χ0) is 13.8. The maximum atomic E-state index is 10.9. The first-order chi connectivity index (χ1) is 9.81. The van der Waals surface area contributed by atoms with Gasteiger partial charge in [-0.25, -0.2) is 0 Å². The fourth-order valence-electron chi connectivity index (χ4n) is 4.12. The largest absolute Gasteiger partial charge is 0.391 e. The highest BCUT2D eigenvalue weighted by molar-refractivity contribution is 5.13. The topological polar surface area (TPSA) is 36.4 Å². The van der Waals surface area contributed by atoms with Gasteiger partial charge < -0.3 is 5.11 Å². The van der Waals surface area contributed by atoms with Gasteiger partial charge in [0.25, 0.3) is 0 Å². The van der Waals surface area contributed by atoms with Crippen LogP contribution in [0.4, 0.5) is 0 Å². The average molecular weight is 274 g/mol. The average Bonchev–Trinajstić information content (AvgIpc) is 3.00. The summed E-state index contributed by atoms with van der Waals surface area (Å²) in [6, 6.07) is 4.04. The third-order valence-corrected chi connectivity index (χ3v) is 5.23. The molecule has 1 aromatic rings. The summed E-state index contributed by atoms with van der Waals surface area (Å²) in [4.78, 5) is 6.78. The van der Waals surface area contributed by atoms with E-state index in [9.17, 15) is 5.11 Å². The predicted octanol–water partition coefficient (Wildman–Crippen LogP) is 2.78. The molecule has 3 nitrogen and oxygen atoms in total. The van der Waals surface area contributed by atoms with Crippen LogP contribution in [0.5, 0.6) is 0 Å². The fourth-order valence-corrected chi connectivity index (χ4v) is 4.12. The van der Waals surface area contributed by atoms with Gasteiger partial charge in [-0.05, 0) is 50.4 Å². The second-order valence-electron chi connectivity index (χ2n) is 6.44. The van der Waals surface area contributed by atoms with Crippen LogP contribution in [0.25, 0.3) is 0 Å². The summed E-state index contributed by atoms with van der Waals surface area (Å²) in [6.07, 6.45) is 13.0. The summed E-state index contributed by atoms with van der Waals surface area (Å²) in [6.45, 7) is 2.34. The van der Waals surface area contributed by atoms with Crippen molar-refractivity contribution < 1.29 is 5.11 Å². The van der Waals surface area contributed by atoms with Gasteiger partial charge in [-0.1, -0.05) is 25.3 Å². The first-order valence-corrected chi connectivity index (χ1v) is 8.13. The molecule has 0 aromatic carbocycles. The van der Waals surface area contributed by atoms with E-state index in [4.69, 9.17) is 0 Å². The Morgan fingerprint density at radius 3 is 2.55 bits per heavy atom. The molecule has 3 rings (SSSR count). The van der Waals surface area contributed by atoms with E-state index in [1.54, 1.807) is 6.20 Å². The van der Waals surface area contributed by atoms with Crippen LogP contribution in [-0.4, -0.2) is 39.7 Å². The van der Waals surface area contributed by atoms with Crippen molar-refractivity contribution in [2.24, 2.45) is 0 Å². The van der Waals surface area contributed by atoms with Gasteiger partial charge in [0.05, 0.1) is 6.10 Å². The molecule has 0 bridgehead atoms. The number of pyridine rings is 1. The highest BCUT2D eigenvalue weighted by Crippen LogP contribution is 2.40. The first kappa shape index (κ1) is 14.0. The number of hydrogen-bond donors (Lipinski definition) is 1. The summed E-state index contributed by atoms with van der Waals surface area (Å²) in [5, 5.41) is 10.9. The second kappa shape index (κ2) is 6.23. The lowest BCUT2D eigenvalue weighted by Gasteiger charge is -2.46. The van der Waals surface area contributed by atoms with Crippen LogP contribution in [0.1, 0.15) is 50.5 Å². The van der Waals surface area contributed by atoms with E-state index in [0.29, 0.717) is 0 Å². The Hall–Kier alpha value is -0.930. The molecule has 1 saturated carbocycles. The molecule has 2 aliphatic rings. The van der Waals surface area contributed by atoms with Crippen molar-refractivity contribution in [2.45, 2.75) is 63.0 Å². The van der Waals surface area contributed by atoms with Gasteiger partial charge in [0, 0.05) is 24.4 Å². The number of aliphatic hydroxyl groups is 1. The Labute approximate surface area is 122 Å². The molecule has 3 heteroatoms. The van der Waals surface area contributed by atoms with Gasteiger partial charge in [-0.3, -0.25) is 9.88 Å². The van der Waals surface area contributed by atoms with Crippen LogP contribution in [0.2, 0.25) is 0 Å². The van der Waals surface area contributed by atoms with E-state index in [-0.39, 0.29) is 11.6 Å². The maximum absolute atomic E-state index is 10.9. The molecule has 1 unspecified atom stereocenters. The van der Waals surface area contributed by atoms with Crippen molar-refractivity contribution in [3.63, 3.8) is 0 Å². The van der Waals surface area contributed by atoms with Crippen molar-refractivity contribution in [2.75, 3.05) is 13.1 Å². The van der Waals surface area contributed by atoms with Gasteiger partial charge in [-0.2, -0.15) is 0 Å². The summed E-state index contributed by atoms with van der Waals surface area (Å²) < 4.78 is 0. The number of nitrogens with zero attached hydrogens (tertiary/aromatic N) is 2. The van der Waals surface area contributed by atoms with Crippen LogP contribution in [0.15, 0.2) is 24.5 Å². The van der Waals surface area contributed by atoms with Gasteiger partial charge in [-0.15, -0.1) is 0 Å². The van der Waals surface area contributed by atoms with Crippen LogP contribution in [0.3, 0.4) is 0 Å². The Morgan fingerprint density at radius 1 is 1.15 bits per heavy atom. The summed E-state index contributed by atoms with van der Waals surface area (Å²) >= 11 is 0. The quantitative estimate of drug-likeness (QED) is 0.917. The lowest BCUT2D eigenvalue weighted by atomic mass is 9.83. The number of aromatic nitrogens is 1. The van der Waals surface area contributed by atoms with E-state index in [1.807, 2.05) is 12.3 Å². The minimum Gasteiger partial charge on any atom is -0.391 e. The normalized spacial score (nSPS) is 24.6. The van der Waals surface area contributed by atoms with Crippen molar-refractivity contribution in [1.82, 2.24) is 9.88 Å². The molecule has 2 heterocycles. The number of rotatable bonds is 4. The van der Waals surface area contributed by atoms with Crippen LogP contribution < -0.4 is 0 Å². The second-order valence-corrected chi connectivity index (χ2v) is 6.44. The van der Waals surface area contributed by atoms with Gasteiger partial charge >= 0.3 is 0 Å². The molecule has 1 atom stereocenters. The van der Waals surface area contributed by atoms with Crippen LogP contribution >= 0.6 is 0 Å². The van der Waals surface area contributed by atoms with E-state index >= 15 is 0 Å². The highest BCUT2D eigenvalue weighted by Gasteiger charge is 2.45. The third-order valence-electron chi connectivity index (χ3n) is 5.23. The number of piperidine rings is 1. The molecule has 110 valence electrons. The van der Waals surface area contributed by atoms with E-state index < -0.39 is 0 Å². The predicted molar refractivity (Wildman–Crippen MR) is 80.6 cm³/mol. The zero-order valence-corrected chi connectivity index (χ0v) is 12.3. The molecule has 1 aromatic heterocycles. The van der Waals surface area contributed by atoms with Gasteiger partial charge in [0.15, 0.2) is 0 Å². The third kappa shape index (κ3) is 2.75. The molecule has 0 spiro atoms. The molecular formula is C17H26N2O. The van der Waals surface area contributed by atoms with E-state index in [1.165, 1.54) is 45.2 Å². The molecule has 0 radical (unpaired) electrons. The monoisotopic (exact) mass is 274 g/mol. The number of likely N-dealkylation sites (tertiary alicyclic amines) is 1. The maximum Gasteiger partial charge on any atom is 0.0764 e. The van der Waals surface area contributed by atoms with Crippen molar-refractivity contribution in [3.8, 4) is 0 Å². The summed E-state index contributed by atoms with van der Waals surface area (Å²) in [5.74, 6) is 0. The van der Waals surface area contributed by atoms with Gasteiger partial charge in [0.2, 0.25) is 0 Å². The van der Waals surface area contributed by atoms with Crippen molar-refractivity contribution in [1.29, 1.82) is 0 Å². The van der Waals surface area contributed by atoms with E-state index in [2.05, 4.69) is 16.0 Å². The molecule has 1 aliphatic carbocycles. The number of aliphatic hydroxyl groups excluding tert-OH is 1. The fraction of sp³-hybridized carbons (Fsp3) is 0.706. The van der Waals surface area contributed by atoms with E-state index in [0.717, 1.165) is 24.8 Å². The molecule has 2 fully saturated rings.